The lowest BCUT2D eigenvalue weighted by atomic mass is 10.2. The summed E-state index contributed by atoms with van der Waals surface area (Å²) >= 11 is 0. The fraction of sp³-hybridized carbons (Fsp3) is 0.556. The molecule has 1 atom stereocenters. The molecule has 0 spiro atoms. The van der Waals surface area contributed by atoms with E-state index in [1.165, 1.54) is 0 Å². The van der Waals surface area contributed by atoms with Crippen molar-refractivity contribution in [3.63, 3.8) is 0 Å². The summed E-state index contributed by atoms with van der Waals surface area (Å²) in [7, 11) is 0. The number of aromatic nitrogens is 1. The third-order valence-electron chi connectivity index (χ3n) is 2.11. The maximum Gasteiger partial charge on any atom is 0.246 e. The van der Waals surface area contributed by atoms with Crippen LogP contribution in [0.3, 0.4) is 0 Å². The molecular weight excluding hydrogens is 198 g/mol. The molecule has 2 rings (SSSR count). The Balaban J connectivity index is 1.91. The van der Waals surface area contributed by atoms with Crippen LogP contribution >= 0.6 is 0 Å². The molecule has 0 radical (unpaired) electrons. The van der Waals surface area contributed by atoms with Gasteiger partial charge < -0.3 is 14.6 Å². The van der Waals surface area contributed by atoms with Crippen LogP contribution in [0.15, 0.2) is 10.6 Å². The molecule has 0 saturated carbocycles. The topological polar surface area (TPSA) is 76.4 Å². The van der Waals surface area contributed by atoms with Crippen LogP contribution in [0.5, 0.6) is 0 Å². The zero-order valence-corrected chi connectivity index (χ0v) is 8.45. The van der Waals surface area contributed by atoms with Crippen LogP contribution in [0, 0.1) is 6.92 Å². The van der Waals surface area contributed by atoms with Crippen LogP contribution in [-0.2, 0) is 9.53 Å². The zero-order chi connectivity index (χ0) is 10.7. The van der Waals surface area contributed by atoms with Gasteiger partial charge in [0.1, 0.15) is 6.04 Å². The number of rotatable bonds is 2. The highest BCUT2D eigenvalue weighted by atomic mass is 16.5. The van der Waals surface area contributed by atoms with E-state index in [9.17, 15) is 4.79 Å². The van der Waals surface area contributed by atoms with E-state index in [-0.39, 0.29) is 11.9 Å². The van der Waals surface area contributed by atoms with Crippen molar-refractivity contribution in [2.24, 2.45) is 0 Å². The third kappa shape index (κ3) is 2.54. The van der Waals surface area contributed by atoms with Crippen LogP contribution < -0.4 is 10.6 Å². The molecule has 1 aromatic heterocycles. The maximum absolute atomic E-state index is 11.6. The lowest BCUT2D eigenvalue weighted by Gasteiger charge is -2.22. The van der Waals surface area contributed by atoms with Crippen LogP contribution in [0.1, 0.15) is 5.69 Å². The number of hydrogen-bond acceptors (Lipinski definition) is 5. The highest BCUT2D eigenvalue weighted by molar-refractivity contribution is 5.93. The molecule has 0 aromatic carbocycles. The number of amides is 1. The van der Waals surface area contributed by atoms with Crippen LogP contribution in [-0.4, -0.2) is 36.9 Å². The van der Waals surface area contributed by atoms with Crippen molar-refractivity contribution in [3.8, 4) is 0 Å². The molecule has 1 aliphatic heterocycles. The van der Waals surface area contributed by atoms with E-state index >= 15 is 0 Å². The first-order chi connectivity index (χ1) is 7.25. The Morgan fingerprint density at radius 3 is 3.20 bits per heavy atom. The van der Waals surface area contributed by atoms with Gasteiger partial charge >= 0.3 is 0 Å². The molecule has 1 saturated heterocycles. The minimum Gasteiger partial charge on any atom is -0.378 e. The van der Waals surface area contributed by atoms with Crippen molar-refractivity contribution >= 4 is 11.8 Å². The van der Waals surface area contributed by atoms with Crippen LogP contribution in [0.25, 0.3) is 0 Å². The van der Waals surface area contributed by atoms with Gasteiger partial charge in [0, 0.05) is 12.6 Å². The van der Waals surface area contributed by atoms with Crippen molar-refractivity contribution in [1.29, 1.82) is 0 Å². The normalized spacial score (nSPS) is 21.3. The molecule has 1 aromatic rings. The highest BCUT2D eigenvalue weighted by Gasteiger charge is 2.21. The van der Waals surface area contributed by atoms with Gasteiger partial charge in [0.05, 0.1) is 18.9 Å². The standard InChI is InChI=1S/C9H13N3O3/c1-6-4-8(15-12-6)11-9(13)7-5-14-3-2-10-7/h4,7,10H,2-3,5H2,1H3,(H,11,13). The van der Waals surface area contributed by atoms with Gasteiger partial charge in [0.15, 0.2) is 0 Å². The highest BCUT2D eigenvalue weighted by Crippen LogP contribution is 2.09. The molecular formula is C9H13N3O3. The molecule has 0 aliphatic carbocycles. The molecule has 6 heteroatoms. The second-order valence-corrected chi connectivity index (χ2v) is 3.40. The number of carbonyl (C=O) groups is 1. The van der Waals surface area contributed by atoms with Gasteiger partial charge in [0.25, 0.3) is 0 Å². The summed E-state index contributed by atoms with van der Waals surface area (Å²) in [4.78, 5) is 11.6. The van der Waals surface area contributed by atoms with E-state index in [2.05, 4.69) is 15.8 Å². The predicted octanol–water partition coefficient (Wildman–Crippen LogP) is -0.0901. The van der Waals surface area contributed by atoms with Gasteiger partial charge in [-0.25, -0.2) is 0 Å². The number of nitrogens with zero attached hydrogens (tertiary/aromatic N) is 1. The Labute approximate surface area is 87.0 Å². The molecule has 2 N–H and O–H groups in total. The lowest BCUT2D eigenvalue weighted by molar-refractivity contribution is -0.120. The van der Waals surface area contributed by atoms with Crippen molar-refractivity contribution in [3.05, 3.63) is 11.8 Å². The van der Waals surface area contributed by atoms with Crippen molar-refractivity contribution in [2.45, 2.75) is 13.0 Å². The lowest BCUT2D eigenvalue weighted by Crippen LogP contribution is -2.48. The molecule has 0 bridgehead atoms. The van der Waals surface area contributed by atoms with Crippen molar-refractivity contribution in [1.82, 2.24) is 10.5 Å². The van der Waals surface area contributed by atoms with Gasteiger partial charge in [-0.3, -0.25) is 10.1 Å². The quantitative estimate of drug-likeness (QED) is 0.715. The monoisotopic (exact) mass is 211 g/mol. The molecule has 82 valence electrons. The Bertz CT molecular complexity index is 344. The number of hydrogen-bond donors (Lipinski definition) is 2. The van der Waals surface area contributed by atoms with Gasteiger partial charge in [-0.15, -0.1) is 0 Å². The average molecular weight is 211 g/mol. The van der Waals surface area contributed by atoms with E-state index in [1.54, 1.807) is 13.0 Å². The molecule has 1 amide bonds. The molecule has 2 heterocycles. The summed E-state index contributed by atoms with van der Waals surface area (Å²) in [5.41, 5.74) is 0.734. The van der Waals surface area contributed by atoms with Gasteiger partial charge in [-0.2, -0.15) is 0 Å². The first kappa shape index (κ1) is 10.1. The van der Waals surface area contributed by atoms with E-state index in [1.807, 2.05) is 0 Å². The van der Waals surface area contributed by atoms with E-state index in [4.69, 9.17) is 9.26 Å². The smallest absolute Gasteiger partial charge is 0.246 e. The minimum atomic E-state index is -0.316. The predicted molar refractivity (Wildman–Crippen MR) is 52.5 cm³/mol. The summed E-state index contributed by atoms with van der Waals surface area (Å²) in [5, 5.41) is 9.34. The second-order valence-electron chi connectivity index (χ2n) is 3.40. The minimum absolute atomic E-state index is 0.161. The van der Waals surface area contributed by atoms with Crippen LogP contribution in [0.4, 0.5) is 5.88 Å². The summed E-state index contributed by atoms with van der Waals surface area (Å²) < 4.78 is 10.1. The molecule has 6 nitrogen and oxygen atoms in total. The van der Waals surface area contributed by atoms with Crippen LogP contribution in [0.2, 0.25) is 0 Å². The molecule has 1 unspecified atom stereocenters. The molecule has 1 fully saturated rings. The van der Waals surface area contributed by atoms with E-state index in [0.717, 1.165) is 5.69 Å². The summed E-state index contributed by atoms with van der Waals surface area (Å²) in [6.07, 6.45) is 0. The molecule has 1 aliphatic rings. The van der Waals surface area contributed by atoms with Gasteiger partial charge in [-0.05, 0) is 6.92 Å². The number of nitrogens with one attached hydrogen (secondary N) is 2. The van der Waals surface area contributed by atoms with Gasteiger partial charge in [0.2, 0.25) is 11.8 Å². The number of morpholine rings is 1. The number of carbonyl (C=O) groups excluding carboxylic acids is 1. The number of ether oxygens (including phenoxy) is 1. The summed E-state index contributed by atoms with van der Waals surface area (Å²) in [6, 6.07) is 1.35. The third-order valence-corrected chi connectivity index (χ3v) is 2.11. The maximum atomic E-state index is 11.6. The SMILES string of the molecule is Cc1cc(NC(=O)C2COCCN2)on1. The molecule has 15 heavy (non-hydrogen) atoms. The van der Waals surface area contributed by atoms with Crippen molar-refractivity contribution < 1.29 is 14.1 Å². The van der Waals surface area contributed by atoms with Gasteiger partial charge in [-0.1, -0.05) is 5.16 Å². The largest absolute Gasteiger partial charge is 0.378 e. The van der Waals surface area contributed by atoms with Crippen molar-refractivity contribution in [2.75, 3.05) is 25.1 Å². The fourth-order valence-electron chi connectivity index (χ4n) is 1.36. The summed E-state index contributed by atoms with van der Waals surface area (Å²) in [6.45, 7) is 3.51. The average Bonchev–Trinajstić information content (AvgIpc) is 2.65. The second kappa shape index (κ2) is 4.41. The Morgan fingerprint density at radius 2 is 2.60 bits per heavy atom. The Kier molecular flexibility index (Phi) is 2.98. The fourth-order valence-corrected chi connectivity index (χ4v) is 1.36. The Morgan fingerprint density at radius 1 is 1.73 bits per heavy atom. The van der Waals surface area contributed by atoms with E-state index < -0.39 is 0 Å². The summed E-state index contributed by atoms with van der Waals surface area (Å²) in [5.74, 6) is 0.204. The zero-order valence-electron chi connectivity index (χ0n) is 8.45. The first-order valence-corrected chi connectivity index (χ1v) is 4.81. The number of aryl methyl sites for hydroxylation is 1. The van der Waals surface area contributed by atoms with E-state index in [0.29, 0.717) is 25.6 Å². The Hall–Kier alpha value is -1.40. The first-order valence-electron chi connectivity index (χ1n) is 4.81. The number of anilines is 1.